The van der Waals surface area contributed by atoms with Crippen LogP contribution in [0.5, 0.6) is 11.5 Å². The van der Waals surface area contributed by atoms with E-state index in [2.05, 4.69) is 5.32 Å². The van der Waals surface area contributed by atoms with Gasteiger partial charge in [-0.05, 0) is 60.7 Å². The number of nitrogens with one attached hydrogen (secondary N) is 1. The molecular weight excluding hydrogens is 445 g/mol. The fraction of sp³-hybridized carbons (Fsp3) is 0.158. The highest BCUT2D eigenvalue weighted by Crippen LogP contribution is 2.36. The van der Waals surface area contributed by atoms with Gasteiger partial charge in [-0.2, -0.15) is 0 Å². The molecule has 0 aromatic heterocycles. The third kappa shape index (κ3) is 5.14. The molecule has 2 aromatic carbocycles. The smallest absolute Gasteiger partial charge is 0.290 e. The lowest BCUT2D eigenvalue weighted by Gasteiger charge is -2.13. The summed E-state index contributed by atoms with van der Waals surface area (Å²) in [6.45, 7) is 2.36. The van der Waals surface area contributed by atoms with Crippen molar-refractivity contribution in [3.8, 4) is 11.5 Å². The van der Waals surface area contributed by atoms with Crippen molar-refractivity contribution in [1.82, 2.24) is 5.32 Å². The molecule has 146 valence electrons. The summed E-state index contributed by atoms with van der Waals surface area (Å²) in [6, 6.07) is 8.51. The third-order valence-corrected chi connectivity index (χ3v) is 5.43. The number of aryl methyl sites for hydroxylation is 1. The van der Waals surface area contributed by atoms with Gasteiger partial charge in [0.15, 0.2) is 0 Å². The minimum absolute atomic E-state index is 0.206. The number of hydrogen-bond donors (Lipinski definition) is 1. The lowest BCUT2D eigenvalue weighted by Crippen LogP contribution is -2.17. The first-order valence-corrected chi connectivity index (χ1v) is 10.0. The molecule has 2 aromatic rings. The highest BCUT2D eigenvalue weighted by atomic mass is 35.5. The normalized spacial score (nSPS) is 15.1. The maximum absolute atomic E-state index is 11.8. The van der Waals surface area contributed by atoms with Crippen LogP contribution in [-0.2, 0) is 4.79 Å². The zero-order valence-electron chi connectivity index (χ0n) is 14.6. The Morgan fingerprint density at radius 1 is 1.04 bits per heavy atom. The van der Waals surface area contributed by atoms with Crippen molar-refractivity contribution < 1.29 is 19.1 Å². The number of carbonyl (C=O) groups is 2. The topological polar surface area (TPSA) is 64.6 Å². The molecule has 28 heavy (non-hydrogen) atoms. The van der Waals surface area contributed by atoms with E-state index in [4.69, 9.17) is 44.3 Å². The van der Waals surface area contributed by atoms with E-state index in [1.54, 1.807) is 18.2 Å². The van der Waals surface area contributed by atoms with Gasteiger partial charge in [0.1, 0.15) is 24.7 Å². The predicted octanol–water partition coefficient (Wildman–Crippen LogP) is 5.74. The van der Waals surface area contributed by atoms with Crippen LogP contribution in [0.3, 0.4) is 0 Å². The number of amides is 2. The number of thioether (sulfide) groups is 1. The quantitative estimate of drug-likeness (QED) is 0.442. The van der Waals surface area contributed by atoms with Gasteiger partial charge in [-0.3, -0.25) is 14.9 Å². The van der Waals surface area contributed by atoms with Crippen LogP contribution < -0.4 is 14.8 Å². The first-order chi connectivity index (χ1) is 13.3. The van der Waals surface area contributed by atoms with E-state index < -0.39 is 11.1 Å². The first-order valence-electron chi connectivity index (χ1n) is 8.09. The van der Waals surface area contributed by atoms with E-state index in [-0.39, 0.29) is 23.1 Å². The molecule has 1 heterocycles. The summed E-state index contributed by atoms with van der Waals surface area (Å²) in [5.41, 5.74) is 1.41. The number of rotatable bonds is 6. The molecular formula is C19H14Cl3NO4S. The Bertz CT molecular complexity index is 978. The molecule has 0 atom stereocenters. The van der Waals surface area contributed by atoms with Gasteiger partial charge in [-0.1, -0.05) is 34.8 Å². The van der Waals surface area contributed by atoms with Gasteiger partial charge < -0.3 is 9.47 Å². The molecule has 0 spiro atoms. The summed E-state index contributed by atoms with van der Waals surface area (Å²) in [5.74, 6) is 0.549. The molecule has 9 heteroatoms. The summed E-state index contributed by atoms with van der Waals surface area (Å²) in [6.07, 6.45) is 1.52. The fourth-order valence-electron chi connectivity index (χ4n) is 2.41. The van der Waals surface area contributed by atoms with E-state index in [9.17, 15) is 9.59 Å². The second-order valence-electron chi connectivity index (χ2n) is 5.77. The van der Waals surface area contributed by atoms with Crippen LogP contribution in [0.4, 0.5) is 4.79 Å². The third-order valence-electron chi connectivity index (χ3n) is 3.69. The molecule has 0 unspecified atom stereocenters. The van der Waals surface area contributed by atoms with E-state index in [1.165, 1.54) is 12.1 Å². The number of benzene rings is 2. The van der Waals surface area contributed by atoms with Crippen LogP contribution >= 0.6 is 46.6 Å². The van der Waals surface area contributed by atoms with Gasteiger partial charge in [0, 0.05) is 15.6 Å². The van der Waals surface area contributed by atoms with Crippen molar-refractivity contribution in [3.63, 3.8) is 0 Å². The van der Waals surface area contributed by atoms with Crippen molar-refractivity contribution in [1.29, 1.82) is 0 Å². The summed E-state index contributed by atoms with van der Waals surface area (Å²) in [4.78, 5) is 23.4. The van der Waals surface area contributed by atoms with Crippen LogP contribution in [0.15, 0.2) is 35.2 Å². The van der Waals surface area contributed by atoms with Crippen LogP contribution in [0, 0.1) is 6.92 Å². The molecule has 3 rings (SSSR count). The Morgan fingerprint density at radius 3 is 2.46 bits per heavy atom. The Hall–Kier alpha value is -1.86. The average Bonchev–Trinajstić information content (AvgIpc) is 2.93. The van der Waals surface area contributed by atoms with Gasteiger partial charge in [0.05, 0.1) is 9.93 Å². The Balaban J connectivity index is 1.71. The second-order valence-corrected chi connectivity index (χ2v) is 8.03. The SMILES string of the molecule is Cc1cc(OCCOc2c(Cl)cc(Cl)cc2C=C2SC(=O)NC2=O)ccc1Cl. The van der Waals surface area contributed by atoms with Gasteiger partial charge in [0.2, 0.25) is 0 Å². The fourth-order valence-corrected chi connectivity index (χ4v) is 3.77. The maximum atomic E-state index is 11.8. The number of imide groups is 1. The largest absolute Gasteiger partial charge is 0.490 e. The second kappa shape index (κ2) is 9.09. The summed E-state index contributed by atoms with van der Waals surface area (Å²) >= 11 is 19.1. The van der Waals surface area contributed by atoms with E-state index in [1.807, 2.05) is 13.0 Å². The minimum Gasteiger partial charge on any atom is -0.490 e. The van der Waals surface area contributed by atoms with Gasteiger partial charge in [-0.25, -0.2) is 0 Å². The zero-order valence-corrected chi connectivity index (χ0v) is 17.6. The highest BCUT2D eigenvalue weighted by molar-refractivity contribution is 8.18. The number of hydrogen-bond acceptors (Lipinski definition) is 5. The summed E-state index contributed by atoms with van der Waals surface area (Å²) in [5, 5.41) is 3.10. The molecule has 5 nitrogen and oxygen atoms in total. The molecule has 1 aliphatic heterocycles. The minimum atomic E-state index is -0.474. The van der Waals surface area contributed by atoms with Gasteiger partial charge in [-0.15, -0.1) is 0 Å². The predicted molar refractivity (Wildman–Crippen MR) is 113 cm³/mol. The van der Waals surface area contributed by atoms with E-state index in [0.717, 1.165) is 17.3 Å². The number of halogens is 3. The van der Waals surface area contributed by atoms with Crippen molar-refractivity contribution in [2.45, 2.75) is 6.92 Å². The van der Waals surface area contributed by atoms with Crippen LogP contribution in [-0.4, -0.2) is 24.4 Å². The van der Waals surface area contributed by atoms with Gasteiger partial charge >= 0.3 is 0 Å². The maximum Gasteiger partial charge on any atom is 0.290 e. The molecule has 0 aliphatic carbocycles. The number of carbonyl (C=O) groups excluding carboxylic acids is 2. The Kier molecular flexibility index (Phi) is 6.78. The van der Waals surface area contributed by atoms with Crippen LogP contribution in [0.2, 0.25) is 15.1 Å². The van der Waals surface area contributed by atoms with Crippen LogP contribution in [0.1, 0.15) is 11.1 Å². The van der Waals surface area contributed by atoms with E-state index >= 15 is 0 Å². The van der Waals surface area contributed by atoms with E-state index in [0.29, 0.717) is 27.1 Å². The molecule has 1 fully saturated rings. The van der Waals surface area contributed by atoms with Gasteiger partial charge in [0.25, 0.3) is 11.1 Å². The monoisotopic (exact) mass is 457 g/mol. The summed E-state index contributed by atoms with van der Waals surface area (Å²) in [7, 11) is 0. The standard InChI is InChI=1S/C19H14Cl3NO4S/c1-10-6-13(2-3-14(10)21)26-4-5-27-17-11(7-12(20)9-15(17)22)8-16-18(24)23-19(25)28-16/h2-3,6-9H,4-5H2,1H3,(H,23,24,25). The summed E-state index contributed by atoms with van der Waals surface area (Å²) < 4.78 is 11.4. The molecule has 0 radical (unpaired) electrons. The molecule has 1 N–H and O–H groups in total. The van der Waals surface area contributed by atoms with Crippen molar-refractivity contribution in [2.24, 2.45) is 0 Å². The average molecular weight is 459 g/mol. The van der Waals surface area contributed by atoms with Crippen molar-refractivity contribution >= 4 is 63.8 Å². The highest BCUT2D eigenvalue weighted by Gasteiger charge is 2.25. The molecule has 1 saturated heterocycles. The lowest BCUT2D eigenvalue weighted by molar-refractivity contribution is -0.115. The number of ether oxygens (including phenoxy) is 2. The lowest BCUT2D eigenvalue weighted by atomic mass is 10.2. The molecule has 1 aliphatic rings. The Labute approximate surface area is 180 Å². The molecule has 2 amide bonds. The van der Waals surface area contributed by atoms with Crippen molar-refractivity contribution in [3.05, 3.63) is 61.4 Å². The van der Waals surface area contributed by atoms with Crippen LogP contribution in [0.25, 0.3) is 6.08 Å². The Morgan fingerprint density at radius 2 is 1.79 bits per heavy atom. The first kappa shape index (κ1) is 20.9. The van der Waals surface area contributed by atoms with Crippen molar-refractivity contribution in [2.75, 3.05) is 13.2 Å². The molecule has 0 saturated carbocycles. The molecule has 0 bridgehead atoms. The zero-order chi connectivity index (χ0) is 20.3.